The van der Waals surface area contributed by atoms with Crippen molar-refractivity contribution in [1.82, 2.24) is 9.62 Å². The van der Waals surface area contributed by atoms with Gasteiger partial charge < -0.3 is 10.1 Å². The van der Waals surface area contributed by atoms with Gasteiger partial charge in [-0.3, -0.25) is 10.1 Å². The van der Waals surface area contributed by atoms with Crippen LogP contribution >= 0.6 is 23.6 Å². The van der Waals surface area contributed by atoms with E-state index in [1.165, 1.54) is 45.1 Å². The fourth-order valence-electron chi connectivity index (χ4n) is 4.10. The Labute approximate surface area is 214 Å². The zero-order valence-corrected chi connectivity index (χ0v) is 21.5. The Morgan fingerprint density at radius 1 is 1.14 bits per heavy atom. The predicted molar refractivity (Wildman–Crippen MR) is 140 cm³/mol. The fraction of sp³-hybridized carbons (Fsp3) is 0.375. The number of hydrogen-bond acceptors (Lipinski definition) is 7. The van der Waals surface area contributed by atoms with Crippen LogP contribution in [0.3, 0.4) is 0 Å². The first-order chi connectivity index (χ1) is 16.9. The van der Waals surface area contributed by atoms with E-state index < -0.39 is 15.9 Å². The summed E-state index contributed by atoms with van der Waals surface area (Å²) in [5.74, 6) is -0.427. The average molecular weight is 531 g/mol. The quantitative estimate of drug-likeness (QED) is 0.346. The van der Waals surface area contributed by atoms with Crippen molar-refractivity contribution in [3.05, 3.63) is 51.9 Å². The Bertz CT molecular complexity index is 1270. The molecule has 35 heavy (non-hydrogen) atoms. The number of nitriles is 1. The summed E-state index contributed by atoms with van der Waals surface area (Å²) in [6.07, 6.45) is 8.12. The number of morpholine rings is 1. The lowest BCUT2D eigenvalue weighted by atomic mass is 10.1. The molecule has 2 N–H and O–H groups in total. The van der Waals surface area contributed by atoms with Crippen LogP contribution in [0.2, 0.25) is 0 Å². The average Bonchev–Trinajstić information content (AvgIpc) is 3.01. The summed E-state index contributed by atoms with van der Waals surface area (Å²) >= 11 is 6.81. The number of nitrogens with zero attached hydrogens (tertiary/aromatic N) is 2. The van der Waals surface area contributed by atoms with Gasteiger partial charge in [0.15, 0.2) is 5.11 Å². The van der Waals surface area contributed by atoms with E-state index in [0.717, 1.165) is 31.2 Å². The van der Waals surface area contributed by atoms with Gasteiger partial charge in [0.2, 0.25) is 15.9 Å². The molecule has 8 nitrogen and oxygen atoms in total. The molecule has 0 radical (unpaired) electrons. The molecule has 1 aliphatic heterocycles. The van der Waals surface area contributed by atoms with Crippen LogP contribution in [0, 0.1) is 11.3 Å². The van der Waals surface area contributed by atoms with Gasteiger partial charge in [-0.2, -0.15) is 9.57 Å². The predicted octanol–water partition coefficient (Wildman–Crippen LogP) is 3.44. The number of nitrogens with one attached hydrogen (secondary N) is 2. The van der Waals surface area contributed by atoms with Gasteiger partial charge in [0.1, 0.15) is 11.1 Å². The number of carbonyl (C=O) groups is 1. The third kappa shape index (κ3) is 6.15. The van der Waals surface area contributed by atoms with Crippen LogP contribution in [0.25, 0.3) is 6.08 Å². The van der Waals surface area contributed by atoms with Gasteiger partial charge >= 0.3 is 0 Å². The molecule has 1 saturated heterocycles. The Morgan fingerprint density at radius 2 is 1.86 bits per heavy atom. The monoisotopic (exact) mass is 530 g/mol. The molecular weight excluding hydrogens is 504 g/mol. The lowest BCUT2D eigenvalue weighted by Gasteiger charge is -2.26. The van der Waals surface area contributed by atoms with Crippen LogP contribution in [-0.4, -0.2) is 50.0 Å². The van der Waals surface area contributed by atoms with Crippen LogP contribution in [0.5, 0.6) is 0 Å². The Hall–Kier alpha value is -2.62. The molecule has 0 unspecified atom stereocenters. The molecule has 0 spiro atoms. The summed E-state index contributed by atoms with van der Waals surface area (Å²) < 4.78 is 32.0. The van der Waals surface area contributed by atoms with E-state index in [-0.39, 0.29) is 10.0 Å². The molecule has 1 aromatic carbocycles. The zero-order chi connectivity index (χ0) is 24.8. The molecule has 0 saturated carbocycles. The van der Waals surface area contributed by atoms with Gasteiger partial charge in [0, 0.05) is 24.0 Å². The van der Waals surface area contributed by atoms with Crippen LogP contribution in [0.1, 0.15) is 40.8 Å². The highest BCUT2D eigenvalue weighted by atomic mass is 32.2. The van der Waals surface area contributed by atoms with Crippen LogP contribution in [0.4, 0.5) is 5.00 Å². The van der Waals surface area contributed by atoms with Crippen LogP contribution < -0.4 is 10.6 Å². The van der Waals surface area contributed by atoms with Gasteiger partial charge in [-0.15, -0.1) is 11.3 Å². The first-order valence-corrected chi connectivity index (χ1v) is 14.1. The summed E-state index contributed by atoms with van der Waals surface area (Å²) in [5, 5.41) is 16.0. The maximum Gasteiger partial charge on any atom is 0.250 e. The molecule has 1 fully saturated rings. The smallest absolute Gasteiger partial charge is 0.250 e. The second-order valence-electron chi connectivity index (χ2n) is 8.24. The highest BCUT2D eigenvalue weighted by Crippen LogP contribution is 2.36. The number of rotatable bonds is 5. The Balaban J connectivity index is 1.35. The second kappa shape index (κ2) is 11.4. The lowest BCUT2D eigenvalue weighted by Crippen LogP contribution is -2.40. The first-order valence-electron chi connectivity index (χ1n) is 11.4. The first kappa shape index (κ1) is 25.5. The third-order valence-corrected chi connectivity index (χ3v) is 9.24. The second-order valence-corrected chi connectivity index (χ2v) is 11.7. The van der Waals surface area contributed by atoms with Crippen molar-refractivity contribution in [3.63, 3.8) is 0 Å². The summed E-state index contributed by atoms with van der Waals surface area (Å²) in [6, 6.07) is 8.62. The molecule has 184 valence electrons. The normalized spacial score (nSPS) is 16.8. The van der Waals surface area contributed by atoms with Gasteiger partial charge in [0.25, 0.3) is 0 Å². The molecule has 2 aromatic rings. The van der Waals surface area contributed by atoms with Crippen LogP contribution in [0.15, 0.2) is 35.2 Å². The number of thiocarbonyl (C=S) groups is 1. The van der Waals surface area contributed by atoms with Gasteiger partial charge in [-0.25, -0.2) is 8.42 Å². The highest BCUT2D eigenvalue weighted by Gasteiger charge is 2.26. The number of thiophene rings is 1. The molecule has 1 aliphatic carbocycles. The molecule has 0 atom stereocenters. The van der Waals surface area contributed by atoms with E-state index in [4.69, 9.17) is 17.0 Å². The van der Waals surface area contributed by atoms with Gasteiger partial charge in [-0.05, 0) is 67.2 Å². The van der Waals surface area contributed by atoms with Crippen molar-refractivity contribution in [2.45, 2.75) is 37.0 Å². The molecule has 1 amide bonds. The number of anilines is 1. The van der Waals surface area contributed by atoms with Crippen molar-refractivity contribution in [2.24, 2.45) is 0 Å². The van der Waals surface area contributed by atoms with Gasteiger partial charge in [-0.1, -0.05) is 18.6 Å². The minimum atomic E-state index is -3.56. The van der Waals surface area contributed by atoms with Crippen molar-refractivity contribution in [2.75, 3.05) is 31.6 Å². The lowest BCUT2D eigenvalue weighted by molar-refractivity contribution is -0.115. The topological polar surface area (TPSA) is 112 Å². The highest BCUT2D eigenvalue weighted by molar-refractivity contribution is 7.89. The van der Waals surface area contributed by atoms with E-state index in [0.29, 0.717) is 42.4 Å². The van der Waals surface area contributed by atoms with E-state index in [1.54, 1.807) is 18.2 Å². The molecule has 0 bridgehead atoms. The zero-order valence-electron chi connectivity index (χ0n) is 19.1. The third-order valence-electron chi connectivity index (χ3n) is 5.91. The van der Waals surface area contributed by atoms with E-state index in [9.17, 15) is 18.5 Å². The van der Waals surface area contributed by atoms with Crippen molar-refractivity contribution < 1.29 is 17.9 Å². The number of hydrogen-bond donors (Lipinski definition) is 2. The molecule has 11 heteroatoms. The van der Waals surface area contributed by atoms with E-state index in [2.05, 4.69) is 16.7 Å². The van der Waals surface area contributed by atoms with Crippen molar-refractivity contribution in [3.8, 4) is 6.07 Å². The summed E-state index contributed by atoms with van der Waals surface area (Å²) in [7, 11) is -3.56. The maximum atomic E-state index is 12.7. The number of carbonyl (C=O) groups excluding carboxylic acids is 1. The molecular formula is C24H26N4O4S3. The summed E-state index contributed by atoms with van der Waals surface area (Å²) in [5.41, 5.74) is 2.39. The van der Waals surface area contributed by atoms with Gasteiger partial charge in [0.05, 0.1) is 23.7 Å². The summed E-state index contributed by atoms with van der Waals surface area (Å²) in [6.45, 7) is 1.45. The van der Waals surface area contributed by atoms with Crippen molar-refractivity contribution >= 4 is 55.7 Å². The Morgan fingerprint density at radius 3 is 2.57 bits per heavy atom. The molecule has 2 heterocycles. The maximum absolute atomic E-state index is 12.7. The van der Waals surface area contributed by atoms with E-state index in [1.807, 2.05) is 0 Å². The summed E-state index contributed by atoms with van der Waals surface area (Å²) in [4.78, 5) is 13.8. The minimum absolute atomic E-state index is 0.125. The van der Waals surface area contributed by atoms with Crippen molar-refractivity contribution in [1.29, 1.82) is 5.26 Å². The molecule has 2 aliphatic rings. The standard InChI is InChI=1S/C24H26N4O4S3/c25-16-20-19-4-2-1-3-5-21(19)34-23(20)27-24(33)26-22(29)11-8-17-6-9-18(10-7-17)35(30,31)28-12-14-32-15-13-28/h6-11H,1-5,12-15H2,(H2,26,27,29,33)/b11-8+. The molecule has 1 aromatic heterocycles. The van der Waals surface area contributed by atoms with E-state index >= 15 is 0 Å². The number of fused-ring (bicyclic) bond motifs is 1. The van der Waals surface area contributed by atoms with Crippen LogP contribution in [-0.2, 0) is 32.4 Å². The minimum Gasteiger partial charge on any atom is -0.379 e. The Kier molecular flexibility index (Phi) is 8.30. The number of sulfonamides is 1. The fourth-order valence-corrected chi connectivity index (χ4v) is 7.02. The largest absolute Gasteiger partial charge is 0.379 e. The number of ether oxygens (including phenoxy) is 1. The SMILES string of the molecule is N#Cc1c(NC(=S)NC(=O)/C=C/c2ccc(S(=O)(=O)N3CCOCC3)cc2)sc2c1CCCCC2. The molecule has 4 rings (SSSR count). The number of benzene rings is 1. The number of amides is 1. The number of aryl methyl sites for hydroxylation is 1.